The van der Waals surface area contributed by atoms with Crippen LogP contribution in [0.4, 0.5) is 0 Å². The molecule has 0 amide bonds. The van der Waals surface area contributed by atoms with E-state index in [9.17, 15) is 4.79 Å². The molecule has 4 nitrogen and oxygen atoms in total. The maximum absolute atomic E-state index is 12.0. The van der Waals surface area contributed by atoms with Crippen LogP contribution in [-0.4, -0.2) is 9.55 Å². The van der Waals surface area contributed by atoms with Crippen molar-refractivity contribution >= 4 is 21.8 Å². The molecule has 2 aromatic heterocycles. The lowest BCUT2D eigenvalue weighted by Crippen LogP contribution is -2.18. The van der Waals surface area contributed by atoms with Crippen molar-refractivity contribution in [2.24, 2.45) is 0 Å². The minimum absolute atomic E-state index is 0.0178. The first-order chi connectivity index (χ1) is 9.16. The van der Waals surface area contributed by atoms with Crippen LogP contribution in [-0.2, 0) is 6.73 Å². The Morgan fingerprint density at radius 1 is 1.21 bits per heavy atom. The van der Waals surface area contributed by atoms with E-state index in [2.05, 4.69) is 18.0 Å². The van der Waals surface area contributed by atoms with Crippen LogP contribution in [0.1, 0.15) is 11.1 Å². The first-order valence-corrected chi connectivity index (χ1v) is 6.22. The van der Waals surface area contributed by atoms with Crippen molar-refractivity contribution in [2.45, 2.75) is 20.6 Å². The van der Waals surface area contributed by atoms with Crippen LogP contribution < -0.4 is 10.3 Å². The molecule has 0 saturated carbocycles. The van der Waals surface area contributed by atoms with Gasteiger partial charge in [-0.1, -0.05) is 0 Å². The molecule has 0 aliphatic carbocycles. The van der Waals surface area contributed by atoms with Gasteiger partial charge in [0.25, 0.3) is 5.56 Å². The van der Waals surface area contributed by atoms with Gasteiger partial charge in [-0.2, -0.15) is 0 Å². The molecule has 0 bridgehead atoms. The number of ether oxygens (including phenoxy) is 1. The lowest BCUT2D eigenvalue weighted by Gasteiger charge is -2.08. The van der Waals surface area contributed by atoms with E-state index in [1.54, 1.807) is 16.8 Å². The van der Waals surface area contributed by atoms with Crippen molar-refractivity contribution in [3.8, 4) is 5.75 Å². The Balaban J connectivity index is 2.37. The molecule has 4 heteroatoms. The molecule has 1 aliphatic rings. The summed E-state index contributed by atoms with van der Waals surface area (Å²) in [4.78, 5) is 16.4. The number of aromatic nitrogens is 2. The molecule has 3 heterocycles. The fourth-order valence-corrected chi connectivity index (χ4v) is 2.79. The Hall–Kier alpha value is -2.36. The predicted octanol–water partition coefficient (Wildman–Crippen LogP) is 2.52. The number of rotatable bonds is 0. The number of hydrogen-bond acceptors (Lipinski definition) is 3. The largest absolute Gasteiger partial charge is 0.468 e. The summed E-state index contributed by atoms with van der Waals surface area (Å²) in [6, 6.07) is 5.76. The van der Waals surface area contributed by atoms with Crippen molar-refractivity contribution in [3.63, 3.8) is 0 Å². The van der Waals surface area contributed by atoms with E-state index in [0.29, 0.717) is 0 Å². The molecule has 0 atom stereocenters. The van der Waals surface area contributed by atoms with Crippen LogP contribution in [0.15, 0.2) is 29.2 Å². The molecule has 0 fully saturated rings. The Morgan fingerprint density at radius 3 is 2.89 bits per heavy atom. The molecule has 1 aromatic carbocycles. The van der Waals surface area contributed by atoms with Gasteiger partial charge in [0.15, 0.2) is 12.5 Å². The van der Waals surface area contributed by atoms with E-state index in [0.717, 1.165) is 38.7 Å². The van der Waals surface area contributed by atoms with E-state index < -0.39 is 0 Å². The topological polar surface area (TPSA) is 44.1 Å². The van der Waals surface area contributed by atoms with Crippen molar-refractivity contribution in [3.05, 3.63) is 45.9 Å². The van der Waals surface area contributed by atoms with Gasteiger partial charge in [0.2, 0.25) is 0 Å². The minimum atomic E-state index is -0.0178. The van der Waals surface area contributed by atoms with E-state index >= 15 is 0 Å². The van der Waals surface area contributed by atoms with Gasteiger partial charge in [-0.15, -0.1) is 0 Å². The highest BCUT2D eigenvalue weighted by Gasteiger charge is 2.22. The second-order valence-corrected chi connectivity index (χ2v) is 4.99. The maximum Gasteiger partial charge on any atom is 0.254 e. The Kier molecular flexibility index (Phi) is 1.86. The van der Waals surface area contributed by atoms with Crippen molar-refractivity contribution in [2.75, 3.05) is 0 Å². The van der Waals surface area contributed by atoms with Gasteiger partial charge in [0, 0.05) is 23.0 Å². The Labute approximate surface area is 109 Å². The van der Waals surface area contributed by atoms with Crippen LogP contribution in [0.3, 0.4) is 0 Å². The number of fused-ring (bicyclic) bond motifs is 2. The maximum atomic E-state index is 12.0. The monoisotopic (exact) mass is 252 g/mol. The normalized spacial score (nSPS) is 13.2. The number of hydrogen-bond donors (Lipinski definition) is 0. The molecular weight excluding hydrogens is 240 g/mol. The number of benzene rings is 1. The molecule has 0 saturated heterocycles. The fraction of sp³-hybridized carbons (Fsp3) is 0.200. The van der Waals surface area contributed by atoms with Gasteiger partial charge in [-0.25, -0.2) is 0 Å². The van der Waals surface area contributed by atoms with Crippen LogP contribution >= 0.6 is 0 Å². The molecular formula is C15H12N2O2. The summed E-state index contributed by atoms with van der Waals surface area (Å²) in [5.41, 5.74) is 3.83. The average molecular weight is 252 g/mol. The quantitative estimate of drug-likeness (QED) is 0.577. The predicted molar refractivity (Wildman–Crippen MR) is 73.6 cm³/mol. The molecule has 0 unspecified atom stereocenters. The smallest absolute Gasteiger partial charge is 0.254 e. The zero-order valence-electron chi connectivity index (χ0n) is 10.7. The Bertz CT molecular complexity index is 910. The zero-order chi connectivity index (χ0) is 13.1. The summed E-state index contributed by atoms with van der Waals surface area (Å²) in [6.07, 6.45) is 1.78. The van der Waals surface area contributed by atoms with Gasteiger partial charge < -0.3 is 4.74 Å². The van der Waals surface area contributed by atoms with Gasteiger partial charge in [0.05, 0.1) is 5.52 Å². The van der Waals surface area contributed by atoms with E-state index in [4.69, 9.17) is 4.74 Å². The fourth-order valence-electron chi connectivity index (χ4n) is 2.79. The lowest BCUT2D eigenvalue weighted by molar-refractivity contribution is 0.269. The summed E-state index contributed by atoms with van der Waals surface area (Å²) >= 11 is 0. The van der Waals surface area contributed by atoms with Gasteiger partial charge in [-0.3, -0.25) is 14.3 Å². The summed E-state index contributed by atoms with van der Waals surface area (Å²) in [5, 5.41) is 2.15. The second kappa shape index (κ2) is 3.35. The third-order valence-electron chi connectivity index (χ3n) is 3.82. The second-order valence-electron chi connectivity index (χ2n) is 4.99. The van der Waals surface area contributed by atoms with Crippen molar-refractivity contribution in [1.82, 2.24) is 9.55 Å². The molecule has 4 rings (SSSR count). The zero-order valence-corrected chi connectivity index (χ0v) is 10.7. The minimum Gasteiger partial charge on any atom is -0.468 e. The van der Waals surface area contributed by atoms with E-state index in [1.807, 2.05) is 13.0 Å². The van der Waals surface area contributed by atoms with E-state index in [1.165, 1.54) is 0 Å². The SMILES string of the molecule is Cc1ccnc2c3c4c(cc12)c(C)cc(=O)n4CO3. The van der Waals surface area contributed by atoms with Crippen molar-refractivity contribution < 1.29 is 4.74 Å². The summed E-state index contributed by atoms with van der Waals surface area (Å²) in [5.74, 6) is 0.733. The van der Waals surface area contributed by atoms with E-state index in [-0.39, 0.29) is 12.3 Å². The molecule has 94 valence electrons. The first-order valence-electron chi connectivity index (χ1n) is 6.22. The molecule has 0 N–H and O–H groups in total. The van der Waals surface area contributed by atoms with Gasteiger partial charge in [-0.05, 0) is 37.1 Å². The van der Waals surface area contributed by atoms with Gasteiger partial charge in [0.1, 0.15) is 5.52 Å². The Morgan fingerprint density at radius 2 is 2.05 bits per heavy atom. The first kappa shape index (κ1) is 10.6. The molecule has 3 aromatic rings. The molecule has 0 spiro atoms. The standard InChI is InChI=1S/C15H12N2O2/c1-8-3-4-16-13-10(8)6-11-9(2)5-12(18)17-7-19-15(13)14(11)17/h3-6H,7H2,1-2H3. The number of nitrogens with zero attached hydrogens (tertiary/aromatic N) is 2. The summed E-state index contributed by atoms with van der Waals surface area (Å²) in [6.45, 7) is 4.29. The van der Waals surface area contributed by atoms with Crippen molar-refractivity contribution in [1.29, 1.82) is 0 Å². The lowest BCUT2D eigenvalue weighted by atomic mass is 10.0. The summed E-state index contributed by atoms with van der Waals surface area (Å²) < 4.78 is 7.39. The molecule has 1 aliphatic heterocycles. The van der Waals surface area contributed by atoms with Crippen LogP contribution in [0.2, 0.25) is 0 Å². The van der Waals surface area contributed by atoms with Crippen LogP contribution in [0.5, 0.6) is 5.75 Å². The number of aryl methyl sites for hydroxylation is 2. The van der Waals surface area contributed by atoms with Crippen LogP contribution in [0, 0.1) is 13.8 Å². The number of pyridine rings is 2. The highest BCUT2D eigenvalue weighted by Crippen LogP contribution is 2.38. The van der Waals surface area contributed by atoms with Crippen LogP contribution in [0.25, 0.3) is 21.8 Å². The van der Waals surface area contributed by atoms with Gasteiger partial charge >= 0.3 is 0 Å². The molecule has 19 heavy (non-hydrogen) atoms. The molecule has 0 radical (unpaired) electrons. The third kappa shape index (κ3) is 1.23. The summed E-state index contributed by atoms with van der Waals surface area (Å²) in [7, 11) is 0. The highest BCUT2D eigenvalue weighted by atomic mass is 16.5. The third-order valence-corrected chi connectivity index (χ3v) is 3.82. The highest BCUT2D eigenvalue weighted by molar-refractivity contribution is 6.04. The average Bonchev–Trinajstić information content (AvgIpc) is 2.82.